The molecule has 16 heavy (non-hydrogen) atoms. The molecule has 1 atom stereocenters. The summed E-state index contributed by atoms with van der Waals surface area (Å²) in [6.45, 7) is 1.56. The first kappa shape index (κ1) is 11.7. The fourth-order valence-corrected chi connectivity index (χ4v) is 1.05. The van der Waals surface area contributed by atoms with Gasteiger partial charge in [0.05, 0.1) is 6.61 Å². The Morgan fingerprint density at radius 1 is 1.69 bits per heavy atom. The van der Waals surface area contributed by atoms with Gasteiger partial charge in [0.2, 0.25) is 0 Å². The molecule has 0 aromatic carbocycles. The van der Waals surface area contributed by atoms with Crippen LogP contribution in [0.3, 0.4) is 0 Å². The highest BCUT2D eigenvalue weighted by atomic mass is 19.1. The second-order valence-electron chi connectivity index (χ2n) is 2.66. The van der Waals surface area contributed by atoms with Crippen LogP contribution in [0.1, 0.15) is 24.6 Å². The van der Waals surface area contributed by atoms with E-state index in [1.54, 1.807) is 12.1 Å². The molecule has 1 aromatic rings. The Labute approximate surface area is 90.5 Å². The molecule has 0 radical (unpaired) electrons. The van der Waals surface area contributed by atoms with E-state index in [1.165, 1.54) is 6.92 Å². The smallest absolute Gasteiger partial charge is 0.362 e. The Morgan fingerprint density at radius 2 is 2.38 bits per heavy atom. The van der Waals surface area contributed by atoms with Gasteiger partial charge in [0.25, 0.3) is 6.30 Å². The maximum absolute atomic E-state index is 13.5. The number of hydrogen-bond donors (Lipinski definition) is 0. The number of hydrogen-bond acceptors (Lipinski definition) is 5. The largest absolute Gasteiger partial charge is 0.462 e. The number of nitrogens with zero attached hydrogens (tertiary/aromatic N) is 4. The highest BCUT2D eigenvalue weighted by molar-refractivity contribution is 5.73. The van der Waals surface area contributed by atoms with Crippen molar-refractivity contribution in [1.82, 2.24) is 9.55 Å². The van der Waals surface area contributed by atoms with E-state index in [9.17, 15) is 9.18 Å². The van der Waals surface area contributed by atoms with Crippen molar-refractivity contribution in [2.24, 2.45) is 0 Å². The van der Waals surface area contributed by atoms with Crippen LogP contribution in [0, 0.1) is 22.7 Å². The zero-order chi connectivity index (χ0) is 12.1. The van der Waals surface area contributed by atoms with E-state index in [0.29, 0.717) is 4.57 Å². The summed E-state index contributed by atoms with van der Waals surface area (Å²) in [4.78, 5) is 14.6. The van der Waals surface area contributed by atoms with Gasteiger partial charge < -0.3 is 4.74 Å². The van der Waals surface area contributed by atoms with Gasteiger partial charge in [-0.25, -0.2) is 14.2 Å². The van der Waals surface area contributed by atoms with Gasteiger partial charge in [-0.15, -0.1) is 0 Å². The fraction of sp³-hybridized carbons (Fsp3) is 0.333. The summed E-state index contributed by atoms with van der Waals surface area (Å²) >= 11 is 0. The van der Waals surface area contributed by atoms with Gasteiger partial charge in [-0.1, -0.05) is 0 Å². The Kier molecular flexibility index (Phi) is 3.57. The fourth-order valence-electron chi connectivity index (χ4n) is 1.05. The van der Waals surface area contributed by atoms with Crippen LogP contribution in [0.25, 0.3) is 0 Å². The molecule has 0 saturated carbocycles. The molecule has 0 aliphatic heterocycles. The topological polar surface area (TPSA) is 91.7 Å². The second kappa shape index (κ2) is 4.89. The predicted octanol–water partition coefficient (Wildman–Crippen LogP) is 0.658. The van der Waals surface area contributed by atoms with E-state index in [4.69, 9.17) is 10.5 Å². The molecule has 6 nitrogen and oxygen atoms in total. The molecule has 1 rings (SSSR count). The zero-order valence-corrected chi connectivity index (χ0v) is 8.35. The van der Waals surface area contributed by atoms with E-state index in [2.05, 4.69) is 9.72 Å². The first-order valence-electron chi connectivity index (χ1n) is 4.33. The van der Waals surface area contributed by atoms with Crippen molar-refractivity contribution >= 4 is 5.97 Å². The number of nitriles is 2. The molecule has 7 heteroatoms. The molecular weight excluding hydrogens is 215 g/mol. The standard InChI is InChI=1S/C9H7FN4O2/c1-2-16-9(15)8(10)14-5-13-6(3-11)7(14)4-12/h5,8H,2H2,1H3. The van der Waals surface area contributed by atoms with Crippen LogP contribution in [0.15, 0.2) is 6.33 Å². The second-order valence-corrected chi connectivity index (χ2v) is 2.66. The number of carbonyl (C=O) groups excluding carboxylic acids is 1. The molecule has 1 unspecified atom stereocenters. The van der Waals surface area contributed by atoms with E-state index >= 15 is 0 Å². The summed E-state index contributed by atoms with van der Waals surface area (Å²) in [5, 5.41) is 17.3. The molecule has 0 spiro atoms. The molecule has 82 valence electrons. The van der Waals surface area contributed by atoms with E-state index in [-0.39, 0.29) is 18.0 Å². The van der Waals surface area contributed by atoms with E-state index in [0.717, 1.165) is 6.33 Å². The van der Waals surface area contributed by atoms with Gasteiger partial charge >= 0.3 is 5.97 Å². The number of alkyl halides is 1. The molecule has 0 aliphatic carbocycles. The maximum atomic E-state index is 13.5. The van der Waals surface area contributed by atoms with Gasteiger partial charge in [-0.2, -0.15) is 10.5 Å². The lowest BCUT2D eigenvalue weighted by molar-refractivity contribution is -0.152. The third-order valence-corrected chi connectivity index (χ3v) is 1.73. The highest BCUT2D eigenvalue weighted by Gasteiger charge is 2.25. The minimum atomic E-state index is -2.16. The Hall–Kier alpha value is -2.41. The first-order chi connectivity index (χ1) is 7.65. The van der Waals surface area contributed by atoms with Crippen molar-refractivity contribution in [3.63, 3.8) is 0 Å². The van der Waals surface area contributed by atoms with Crippen molar-refractivity contribution in [2.75, 3.05) is 6.61 Å². The molecule has 0 fully saturated rings. The van der Waals surface area contributed by atoms with Gasteiger partial charge in [-0.05, 0) is 6.92 Å². The third kappa shape index (κ3) is 1.98. The lowest BCUT2D eigenvalue weighted by Gasteiger charge is -2.08. The molecule has 1 aromatic heterocycles. The summed E-state index contributed by atoms with van der Waals surface area (Å²) in [6, 6.07) is 3.22. The number of halogens is 1. The van der Waals surface area contributed by atoms with Gasteiger partial charge in [0, 0.05) is 0 Å². The van der Waals surface area contributed by atoms with Crippen LogP contribution in [0.2, 0.25) is 0 Å². The van der Waals surface area contributed by atoms with Crippen molar-refractivity contribution in [3.05, 3.63) is 17.7 Å². The van der Waals surface area contributed by atoms with Crippen LogP contribution in [0.5, 0.6) is 0 Å². The summed E-state index contributed by atoms with van der Waals surface area (Å²) < 4.78 is 18.6. The van der Waals surface area contributed by atoms with Crippen molar-refractivity contribution < 1.29 is 13.9 Å². The summed E-state index contributed by atoms with van der Waals surface area (Å²) in [7, 11) is 0. The molecule has 0 bridgehead atoms. The summed E-state index contributed by atoms with van der Waals surface area (Å²) in [6.07, 6.45) is -1.25. The zero-order valence-electron chi connectivity index (χ0n) is 8.35. The monoisotopic (exact) mass is 222 g/mol. The van der Waals surface area contributed by atoms with E-state index in [1.807, 2.05) is 0 Å². The number of rotatable bonds is 3. The maximum Gasteiger partial charge on any atom is 0.362 e. The molecule has 0 saturated heterocycles. The third-order valence-electron chi connectivity index (χ3n) is 1.73. The molecule has 0 amide bonds. The van der Waals surface area contributed by atoms with Crippen molar-refractivity contribution in [3.8, 4) is 12.1 Å². The highest BCUT2D eigenvalue weighted by Crippen LogP contribution is 2.16. The molecule has 0 N–H and O–H groups in total. The molecule has 1 heterocycles. The van der Waals surface area contributed by atoms with Crippen LogP contribution < -0.4 is 0 Å². The Bertz CT molecular complexity index is 483. The lowest BCUT2D eigenvalue weighted by Crippen LogP contribution is -2.18. The van der Waals surface area contributed by atoms with Crippen LogP contribution in [-0.2, 0) is 9.53 Å². The van der Waals surface area contributed by atoms with Gasteiger partial charge in [0.1, 0.15) is 18.5 Å². The average molecular weight is 222 g/mol. The number of ether oxygens (including phenoxy) is 1. The summed E-state index contributed by atoms with van der Waals surface area (Å²) in [5.41, 5.74) is -0.530. The van der Waals surface area contributed by atoms with Crippen LogP contribution in [0.4, 0.5) is 4.39 Å². The predicted molar refractivity (Wildman–Crippen MR) is 48.4 cm³/mol. The van der Waals surface area contributed by atoms with Crippen molar-refractivity contribution in [2.45, 2.75) is 13.2 Å². The minimum absolute atomic E-state index is 0.0287. The minimum Gasteiger partial charge on any atom is -0.462 e. The quantitative estimate of drug-likeness (QED) is 0.700. The average Bonchev–Trinajstić information content (AvgIpc) is 2.70. The van der Waals surface area contributed by atoms with Crippen LogP contribution >= 0.6 is 0 Å². The number of imidazole rings is 1. The Morgan fingerprint density at radius 3 is 2.88 bits per heavy atom. The lowest BCUT2D eigenvalue weighted by atomic mass is 10.3. The first-order valence-corrected chi connectivity index (χ1v) is 4.33. The molecule has 0 aliphatic rings. The molecular formula is C9H7FN4O2. The SMILES string of the molecule is CCOC(=O)C(F)n1cnc(C#N)c1C#N. The number of aromatic nitrogens is 2. The van der Waals surface area contributed by atoms with Gasteiger partial charge in [-0.3, -0.25) is 4.57 Å². The normalized spacial score (nSPS) is 11.2. The van der Waals surface area contributed by atoms with Crippen LogP contribution in [-0.4, -0.2) is 22.1 Å². The number of esters is 1. The Balaban J connectivity index is 3.06. The van der Waals surface area contributed by atoms with Gasteiger partial charge in [0.15, 0.2) is 11.4 Å². The summed E-state index contributed by atoms with van der Waals surface area (Å²) in [5.74, 6) is -1.12. The number of carbonyl (C=O) groups is 1. The van der Waals surface area contributed by atoms with E-state index < -0.39 is 12.3 Å². The van der Waals surface area contributed by atoms with Crippen molar-refractivity contribution in [1.29, 1.82) is 10.5 Å².